The lowest BCUT2D eigenvalue weighted by Crippen LogP contribution is -1.76. The van der Waals surface area contributed by atoms with Crippen molar-refractivity contribution in [3.05, 3.63) is 29.3 Å². The molecule has 0 unspecified atom stereocenters. The van der Waals surface area contributed by atoms with E-state index in [4.69, 9.17) is 10.2 Å². The summed E-state index contributed by atoms with van der Waals surface area (Å²) in [4.78, 5) is 0. The van der Waals surface area contributed by atoms with E-state index in [0.717, 1.165) is 11.0 Å². The molecule has 0 aliphatic heterocycles. The molecular weight excluding hydrogens is 150 g/mol. The van der Waals surface area contributed by atoms with Crippen LogP contribution in [0.5, 0.6) is 0 Å². The molecule has 2 rings (SSSR count). The van der Waals surface area contributed by atoms with E-state index >= 15 is 0 Å². The second-order valence-corrected chi connectivity index (χ2v) is 3.14. The molecule has 0 atom stereocenters. The summed E-state index contributed by atoms with van der Waals surface area (Å²) in [5.41, 5.74) is 8.84. The van der Waals surface area contributed by atoms with E-state index in [1.807, 2.05) is 19.1 Å². The summed E-state index contributed by atoms with van der Waals surface area (Å²) in [6, 6.07) is 5.99. The second-order valence-electron chi connectivity index (χ2n) is 3.14. The first-order chi connectivity index (χ1) is 5.66. The number of rotatable bonds is 0. The fourth-order valence-electron chi connectivity index (χ4n) is 1.51. The predicted octanol–water partition coefficient (Wildman–Crippen LogP) is 2.63. The number of nitrogen functional groups attached to an aromatic ring is 1. The van der Waals surface area contributed by atoms with Gasteiger partial charge in [0.05, 0.1) is 0 Å². The van der Waals surface area contributed by atoms with Crippen LogP contribution in [0.4, 0.5) is 5.88 Å². The number of aryl methyl sites for hydroxylation is 2. The standard InChI is InChI=1S/C10H11NO/c1-6-3-7(2)8-5-10(11)12-9(8)4-6/h3-5H,11H2,1-2H3. The predicted molar refractivity (Wildman–Crippen MR) is 50.1 cm³/mol. The molecule has 2 N–H and O–H groups in total. The van der Waals surface area contributed by atoms with Crippen LogP contribution < -0.4 is 5.73 Å². The number of anilines is 1. The second kappa shape index (κ2) is 2.27. The summed E-state index contributed by atoms with van der Waals surface area (Å²) >= 11 is 0. The van der Waals surface area contributed by atoms with E-state index in [0.29, 0.717) is 5.88 Å². The van der Waals surface area contributed by atoms with Gasteiger partial charge in [-0.2, -0.15) is 0 Å². The molecule has 62 valence electrons. The average molecular weight is 161 g/mol. The van der Waals surface area contributed by atoms with E-state index in [2.05, 4.69) is 13.0 Å². The third kappa shape index (κ3) is 0.961. The lowest BCUT2D eigenvalue weighted by molar-refractivity contribution is 0.637. The van der Waals surface area contributed by atoms with Gasteiger partial charge in [-0.15, -0.1) is 0 Å². The first kappa shape index (κ1) is 7.22. The first-order valence-electron chi connectivity index (χ1n) is 3.93. The van der Waals surface area contributed by atoms with Gasteiger partial charge in [-0.05, 0) is 31.0 Å². The quantitative estimate of drug-likeness (QED) is 0.645. The smallest absolute Gasteiger partial charge is 0.191 e. The van der Waals surface area contributed by atoms with Gasteiger partial charge in [0.2, 0.25) is 0 Å². The molecule has 0 aliphatic rings. The van der Waals surface area contributed by atoms with Crippen LogP contribution in [0.2, 0.25) is 0 Å². The van der Waals surface area contributed by atoms with Gasteiger partial charge >= 0.3 is 0 Å². The Morgan fingerprint density at radius 3 is 2.67 bits per heavy atom. The molecule has 0 fully saturated rings. The molecule has 0 aliphatic carbocycles. The van der Waals surface area contributed by atoms with E-state index in [1.54, 1.807) is 0 Å². The summed E-state index contributed by atoms with van der Waals surface area (Å²) in [5, 5.41) is 1.11. The molecule has 1 aromatic heterocycles. The Bertz CT molecular complexity index is 429. The van der Waals surface area contributed by atoms with Crippen LogP contribution in [0.15, 0.2) is 22.6 Å². The van der Waals surface area contributed by atoms with Crippen LogP contribution >= 0.6 is 0 Å². The number of nitrogens with two attached hydrogens (primary N) is 1. The molecule has 0 saturated carbocycles. The third-order valence-electron chi connectivity index (χ3n) is 2.01. The van der Waals surface area contributed by atoms with Crippen LogP contribution in [-0.2, 0) is 0 Å². The van der Waals surface area contributed by atoms with E-state index in [9.17, 15) is 0 Å². The van der Waals surface area contributed by atoms with Gasteiger partial charge in [-0.3, -0.25) is 0 Å². The monoisotopic (exact) mass is 161 g/mol. The highest BCUT2D eigenvalue weighted by molar-refractivity contribution is 5.84. The normalized spacial score (nSPS) is 10.8. The summed E-state index contributed by atoms with van der Waals surface area (Å²) in [6.07, 6.45) is 0. The van der Waals surface area contributed by atoms with Crippen molar-refractivity contribution in [3.63, 3.8) is 0 Å². The fraction of sp³-hybridized carbons (Fsp3) is 0.200. The molecule has 0 spiro atoms. The Morgan fingerprint density at radius 1 is 1.17 bits per heavy atom. The van der Waals surface area contributed by atoms with Gasteiger partial charge in [0.25, 0.3) is 0 Å². The fourth-order valence-corrected chi connectivity index (χ4v) is 1.51. The molecular formula is C10H11NO. The van der Waals surface area contributed by atoms with Crippen LogP contribution in [0.3, 0.4) is 0 Å². The van der Waals surface area contributed by atoms with Crippen molar-refractivity contribution in [3.8, 4) is 0 Å². The molecule has 1 heterocycles. The average Bonchev–Trinajstić information content (AvgIpc) is 2.29. The van der Waals surface area contributed by atoms with Gasteiger partial charge in [0.1, 0.15) is 5.58 Å². The first-order valence-corrected chi connectivity index (χ1v) is 3.93. The summed E-state index contributed by atoms with van der Waals surface area (Å²) in [7, 11) is 0. The molecule has 0 amide bonds. The molecule has 2 nitrogen and oxygen atoms in total. The Morgan fingerprint density at radius 2 is 1.92 bits per heavy atom. The minimum atomic E-state index is 0.485. The van der Waals surface area contributed by atoms with Gasteiger partial charge in [0.15, 0.2) is 5.88 Å². The van der Waals surface area contributed by atoms with Crippen LogP contribution in [0, 0.1) is 13.8 Å². The van der Waals surface area contributed by atoms with Gasteiger partial charge in [-0.1, -0.05) is 6.07 Å². The lowest BCUT2D eigenvalue weighted by atomic mass is 10.1. The number of hydrogen-bond donors (Lipinski definition) is 1. The minimum absolute atomic E-state index is 0.485. The Balaban J connectivity index is 2.88. The summed E-state index contributed by atoms with van der Waals surface area (Å²) < 4.78 is 5.31. The summed E-state index contributed by atoms with van der Waals surface area (Å²) in [5.74, 6) is 0.485. The largest absolute Gasteiger partial charge is 0.441 e. The van der Waals surface area contributed by atoms with Crippen molar-refractivity contribution in [1.82, 2.24) is 0 Å². The zero-order valence-electron chi connectivity index (χ0n) is 7.22. The van der Waals surface area contributed by atoms with Crippen molar-refractivity contribution in [2.45, 2.75) is 13.8 Å². The maximum Gasteiger partial charge on any atom is 0.191 e. The number of fused-ring (bicyclic) bond motifs is 1. The summed E-state index contributed by atoms with van der Waals surface area (Å²) in [6.45, 7) is 4.11. The number of benzene rings is 1. The zero-order chi connectivity index (χ0) is 8.72. The highest BCUT2D eigenvalue weighted by atomic mass is 16.3. The third-order valence-corrected chi connectivity index (χ3v) is 2.01. The van der Waals surface area contributed by atoms with Crippen molar-refractivity contribution >= 4 is 16.9 Å². The van der Waals surface area contributed by atoms with Crippen molar-refractivity contribution in [1.29, 1.82) is 0 Å². The minimum Gasteiger partial charge on any atom is -0.441 e. The van der Waals surface area contributed by atoms with E-state index in [-0.39, 0.29) is 0 Å². The maximum absolute atomic E-state index is 5.54. The van der Waals surface area contributed by atoms with Gasteiger partial charge in [-0.25, -0.2) is 0 Å². The Labute approximate surface area is 71.0 Å². The van der Waals surface area contributed by atoms with E-state index in [1.165, 1.54) is 11.1 Å². The van der Waals surface area contributed by atoms with Crippen LogP contribution in [-0.4, -0.2) is 0 Å². The van der Waals surface area contributed by atoms with Gasteiger partial charge in [0, 0.05) is 11.5 Å². The highest BCUT2D eigenvalue weighted by Gasteiger charge is 2.03. The van der Waals surface area contributed by atoms with Crippen molar-refractivity contribution in [2.75, 3.05) is 5.73 Å². The van der Waals surface area contributed by atoms with Crippen molar-refractivity contribution < 1.29 is 4.42 Å². The van der Waals surface area contributed by atoms with Crippen LogP contribution in [0.25, 0.3) is 11.0 Å². The zero-order valence-corrected chi connectivity index (χ0v) is 7.22. The molecule has 2 heteroatoms. The van der Waals surface area contributed by atoms with E-state index < -0.39 is 0 Å². The topological polar surface area (TPSA) is 39.2 Å². The molecule has 0 radical (unpaired) electrons. The number of hydrogen-bond acceptors (Lipinski definition) is 2. The number of furan rings is 1. The van der Waals surface area contributed by atoms with Gasteiger partial charge < -0.3 is 10.2 Å². The maximum atomic E-state index is 5.54. The van der Waals surface area contributed by atoms with Crippen LogP contribution in [0.1, 0.15) is 11.1 Å². The molecule has 12 heavy (non-hydrogen) atoms. The Kier molecular flexibility index (Phi) is 1.37. The molecule has 1 aromatic carbocycles. The Hall–Kier alpha value is -1.44. The molecule has 0 saturated heterocycles. The SMILES string of the molecule is Cc1cc(C)c2cc(N)oc2c1. The van der Waals surface area contributed by atoms with Crippen molar-refractivity contribution in [2.24, 2.45) is 0 Å². The molecule has 2 aromatic rings. The molecule has 0 bridgehead atoms. The lowest BCUT2D eigenvalue weighted by Gasteiger charge is -1.96. The highest BCUT2D eigenvalue weighted by Crippen LogP contribution is 2.25.